The molecule has 1 heterocycles. The Morgan fingerprint density at radius 1 is 1.30 bits per heavy atom. The van der Waals surface area contributed by atoms with Gasteiger partial charge >= 0.3 is 6.18 Å². The highest BCUT2D eigenvalue weighted by atomic mass is 35.5. The highest BCUT2D eigenvalue weighted by molar-refractivity contribution is 6.33. The molecule has 0 aliphatic heterocycles. The van der Waals surface area contributed by atoms with E-state index in [4.69, 9.17) is 17.3 Å². The van der Waals surface area contributed by atoms with Crippen LogP contribution in [0.15, 0.2) is 18.2 Å². The van der Waals surface area contributed by atoms with E-state index in [1.165, 1.54) is 10.7 Å². The summed E-state index contributed by atoms with van der Waals surface area (Å²) in [5.41, 5.74) is 6.59. The van der Waals surface area contributed by atoms with Gasteiger partial charge in [-0.05, 0) is 35.0 Å². The summed E-state index contributed by atoms with van der Waals surface area (Å²) in [6.45, 7) is 0.0581. The molecule has 2 rings (SSSR count). The molecule has 1 aromatic heterocycles. The highest BCUT2D eigenvalue weighted by Crippen LogP contribution is 2.28. The van der Waals surface area contributed by atoms with Crippen molar-refractivity contribution >= 4 is 17.3 Å². The Morgan fingerprint density at radius 2 is 2.05 bits per heavy atom. The SMILES string of the molecule is Nc1ccc(-c2nnnn2CCCC(F)(F)F)c(Cl)c1. The third kappa shape index (κ3) is 3.60. The lowest BCUT2D eigenvalue weighted by molar-refractivity contribution is -0.136. The van der Waals surface area contributed by atoms with Crippen LogP contribution in [0.2, 0.25) is 5.02 Å². The van der Waals surface area contributed by atoms with Crippen molar-refractivity contribution in [3.63, 3.8) is 0 Å². The van der Waals surface area contributed by atoms with E-state index in [2.05, 4.69) is 15.5 Å². The van der Waals surface area contributed by atoms with Crippen molar-refractivity contribution in [2.45, 2.75) is 25.6 Å². The van der Waals surface area contributed by atoms with Crippen LogP contribution in [0.5, 0.6) is 0 Å². The molecule has 0 aliphatic rings. The molecule has 0 aliphatic carbocycles. The summed E-state index contributed by atoms with van der Waals surface area (Å²) >= 11 is 6.03. The van der Waals surface area contributed by atoms with E-state index < -0.39 is 12.6 Å². The zero-order chi connectivity index (χ0) is 14.8. The zero-order valence-electron chi connectivity index (χ0n) is 10.2. The first-order valence-corrected chi connectivity index (χ1v) is 6.13. The third-order valence-electron chi connectivity index (χ3n) is 2.60. The van der Waals surface area contributed by atoms with Crippen LogP contribution < -0.4 is 5.73 Å². The number of aryl methyl sites for hydroxylation is 1. The van der Waals surface area contributed by atoms with Crippen molar-refractivity contribution in [2.24, 2.45) is 0 Å². The van der Waals surface area contributed by atoms with E-state index in [9.17, 15) is 13.2 Å². The second kappa shape index (κ2) is 5.66. The summed E-state index contributed by atoms with van der Waals surface area (Å²) in [4.78, 5) is 0. The standard InChI is InChI=1S/C11H11ClF3N5/c12-9-6-7(16)2-3-8(9)10-17-18-19-20(10)5-1-4-11(13,14)15/h2-3,6H,1,4-5,16H2. The van der Waals surface area contributed by atoms with Gasteiger partial charge in [0.1, 0.15) is 0 Å². The van der Waals surface area contributed by atoms with Gasteiger partial charge in [-0.3, -0.25) is 0 Å². The average molecular weight is 306 g/mol. The topological polar surface area (TPSA) is 69.6 Å². The number of halogens is 4. The largest absolute Gasteiger partial charge is 0.399 e. The van der Waals surface area contributed by atoms with Gasteiger partial charge in [-0.15, -0.1) is 5.10 Å². The molecular formula is C11H11ClF3N5. The molecule has 2 N–H and O–H groups in total. The van der Waals surface area contributed by atoms with Crippen molar-refractivity contribution in [2.75, 3.05) is 5.73 Å². The first-order chi connectivity index (χ1) is 9.37. The number of nitrogen functional groups attached to an aromatic ring is 1. The van der Waals surface area contributed by atoms with Gasteiger partial charge < -0.3 is 5.73 Å². The van der Waals surface area contributed by atoms with Crippen LogP contribution >= 0.6 is 11.6 Å². The van der Waals surface area contributed by atoms with E-state index in [0.717, 1.165) is 0 Å². The summed E-state index contributed by atoms with van der Waals surface area (Å²) < 4.78 is 37.7. The third-order valence-corrected chi connectivity index (χ3v) is 2.91. The number of anilines is 1. The van der Waals surface area contributed by atoms with E-state index >= 15 is 0 Å². The zero-order valence-corrected chi connectivity index (χ0v) is 11.0. The normalized spacial score (nSPS) is 11.8. The highest BCUT2D eigenvalue weighted by Gasteiger charge is 2.26. The fourth-order valence-corrected chi connectivity index (χ4v) is 1.96. The quantitative estimate of drug-likeness (QED) is 0.882. The molecule has 0 unspecified atom stereocenters. The van der Waals surface area contributed by atoms with E-state index in [1.807, 2.05) is 0 Å². The Bertz CT molecular complexity index is 596. The predicted octanol–water partition coefficient (Wildman–Crippen LogP) is 2.92. The van der Waals surface area contributed by atoms with Crippen LogP contribution in [0.3, 0.4) is 0 Å². The van der Waals surface area contributed by atoms with Crippen molar-refractivity contribution in [1.29, 1.82) is 0 Å². The van der Waals surface area contributed by atoms with Crippen molar-refractivity contribution in [3.05, 3.63) is 23.2 Å². The summed E-state index contributed by atoms with van der Waals surface area (Å²) in [7, 11) is 0. The summed E-state index contributed by atoms with van der Waals surface area (Å²) in [5.74, 6) is 0.317. The number of nitrogens with zero attached hydrogens (tertiary/aromatic N) is 4. The monoisotopic (exact) mass is 305 g/mol. The molecule has 0 spiro atoms. The van der Waals surface area contributed by atoms with Gasteiger partial charge in [0, 0.05) is 24.2 Å². The molecule has 5 nitrogen and oxygen atoms in total. The molecule has 0 saturated carbocycles. The van der Waals surface area contributed by atoms with Crippen LogP contribution in [0.1, 0.15) is 12.8 Å². The molecule has 0 fully saturated rings. The van der Waals surface area contributed by atoms with Gasteiger partial charge in [-0.25, -0.2) is 4.68 Å². The van der Waals surface area contributed by atoms with Crippen molar-refractivity contribution < 1.29 is 13.2 Å². The Balaban J connectivity index is 2.16. The first kappa shape index (κ1) is 14.6. The maximum Gasteiger partial charge on any atom is 0.389 e. The molecule has 1 aromatic carbocycles. The van der Waals surface area contributed by atoms with E-state index in [-0.39, 0.29) is 13.0 Å². The molecule has 0 radical (unpaired) electrons. The number of aromatic nitrogens is 4. The van der Waals surface area contributed by atoms with Gasteiger partial charge in [0.05, 0.1) is 5.02 Å². The van der Waals surface area contributed by atoms with Crippen LogP contribution in [0, 0.1) is 0 Å². The molecule has 0 bridgehead atoms. The Kier molecular flexibility index (Phi) is 4.12. The first-order valence-electron chi connectivity index (χ1n) is 5.75. The van der Waals surface area contributed by atoms with E-state index in [0.29, 0.717) is 22.1 Å². The number of hydrogen-bond donors (Lipinski definition) is 1. The molecule has 20 heavy (non-hydrogen) atoms. The number of rotatable bonds is 4. The Labute approximate surface area is 117 Å². The molecule has 0 saturated heterocycles. The molecule has 0 amide bonds. The fourth-order valence-electron chi connectivity index (χ4n) is 1.69. The number of alkyl halides is 3. The van der Waals surface area contributed by atoms with Gasteiger partial charge in [0.15, 0.2) is 5.82 Å². The fraction of sp³-hybridized carbons (Fsp3) is 0.364. The summed E-state index contributed by atoms with van der Waals surface area (Å²) in [5, 5.41) is 11.3. The maximum atomic E-state index is 12.1. The lowest BCUT2D eigenvalue weighted by Crippen LogP contribution is -2.10. The minimum atomic E-state index is -4.19. The van der Waals surface area contributed by atoms with Crippen LogP contribution in [0.25, 0.3) is 11.4 Å². The molecule has 108 valence electrons. The lowest BCUT2D eigenvalue weighted by Gasteiger charge is -2.08. The smallest absolute Gasteiger partial charge is 0.389 e. The average Bonchev–Trinajstić information content (AvgIpc) is 2.75. The molecule has 0 atom stereocenters. The van der Waals surface area contributed by atoms with Gasteiger partial charge in [-0.1, -0.05) is 11.6 Å². The summed E-state index contributed by atoms with van der Waals surface area (Å²) in [6, 6.07) is 4.78. The predicted molar refractivity (Wildman–Crippen MR) is 68.0 cm³/mol. The summed E-state index contributed by atoms with van der Waals surface area (Å²) in [6.07, 6.45) is -5.18. The van der Waals surface area contributed by atoms with Crippen LogP contribution in [0.4, 0.5) is 18.9 Å². The van der Waals surface area contributed by atoms with Crippen LogP contribution in [-0.4, -0.2) is 26.4 Å². The van der Waals surface area contributed by atoms with Gasteiger partial charge in [0.2, 0.25) is 0 Å². The van der Waals surface area contributed by atoms with Crippen molar-refractivity contribution in [1.82, 2.24) is 20.2 Å². The minimum Gasteiger partial charge on any atom is -0.399 e. The number of tetrazole rings is 1. The van der Waals surface area contributed by atoms with E-state index in [1.54, 1.807) is 12.1 Å². The minimum absolute atomic E-state index is 0.0581. The Hall–Kier alpha value is -1.83. The second-order valence-corrected chi connectivity index (χ2v) is 4.59. The second-order valence-electron chi connectivity index (χ2n) is 4.18. The molecule has 9 heteroatoms. The van der Waals surface area contributed by atoms with Gasteiger partial charge in [-0.2, -0.15) is 13.2 Å². The van der Waals surface area contributed by atoms with Crippen LogP contribution in [-0.2, 0) is 6.54 Å². The number of benzene rings is 1. The Morgan fingerprint density at radius 3 is 2.70 bits per heavy atom. The van der Waals surface area contributed by atoms with Gasteiger partial charge in [0.25, 0.3) is 0 Å². The van der Waals surface area contributed by atoms with Crippen molar-refractivity contribution in [3.8, 4) is 11.4 Å². The lowest BCUT2D eigenvalue weighted by atomic mass is 10.2. The molecule has 2 aromatic rings. The number of hydrogen-bond acceptors (Lipinski definition) is 4. The number of nitrogens with two attached hydrogens (primary N) is 1. The molecular weight excluding hydrogens is 295 g/mol. The maximum absolute atomic E-state index is 12.1.